The van der Waals surface area contributed by atoms with E-state index >= 15 is 0 Å². The first kappa shape index (κ1) is 11.3. The van der Waals surface area contributed by atoms with Crippen LogP contribution in [-0.4, -0.2) is 11.1 Å². The Kier molecular flexibility index (Phi) is 4.21. The number of pyridine rings is 1. The normalized spacial score (nSPS) is 14.3. The molecule has 1 aromatic heterocycles. The Hall–Kier alpha value is -0.760. The third kappa shape index (κ3) is 3.18. The van der Waals surface area contributed by atoms with Gasteiger partial charge < -0.3 is 4.74 Å². The average Bonchev–Trinajstić information content (AvgIpc) is 2.99. The summed E-state index contributed by atoms with van der Waals surface area (Å²) in [7, 11) is 0. The van der Waals surface area contributed by atoms with E-state index in [1.54, 1.807) is 12.3 Å². The molecule has 1 aromatic rings. The van der Waals surface area contributed by atoms with Crippen LogP contribution in [0.3, 0.4) is 0 Å². The summed E-state index contributed by atoms with van der Waals surface area (Å²) < 4.78 is 5.61. The van der Waals surface area contributed by atoms with Gasteiger partial charge in [0.05, 0.1) is 6.10 Å². The molecule has 2 nitrogen and oxygen atoms in total. The molecule has 0 spiro atoms. The molecule has 1 saturated carbocycles. The van der Waals surface area contributed by atoms with E-state index in [-0.39, 0.29) is 0 Å². The van der Waals surface area contributed by atoms with Gasteiger partial charge in [-0.3, -0.25) is 0 Å². The Bertz CT molecular complexity index is 297. The third-order valence-corrected chi connectivity index (χ3v) is 2.05. The van der Waals surface area contributed by atoms with Crippen LogP contribution in [0.15, 0.2) is 12.3 Å². The minimum atomic E-state index is 0.419. The zero-order valence-electron chi connectivity index (χ0n) is 8.88. The minimum absolute atomic E-state index is 0.419. The molecule has 3 heteroatoms. The topological polar surface area (TPSA) is 22.1 Å². The molecular weight excluding hydrogens is 198 g/mol. The molecule has 0 saturated heterocycles. The molecule has 2 rings (SSSR count). The van der Waals surface area contributed by atoms with Crippen molar-refractivity contribution < 1.29 is 4.74 Å². The Balaban J connectivity index is 0.000000461. The Morgan fingerprint density at radius 1 is 1.43 bits per heavy atom. The molecule has 0 unspecified atom stereocenters. The molecule has 0 radical (unpaired) electrons. The molecule has 0 aromatic carbocycles. The van der Waals surface area contributed by atoms with Gasteiger partial charge in [0, 0.05) is 17.8 Å². The predicted octanol–water partition coefficient (Wildman–Crippen LogP) is 3.61. The van der Waals surface area contributed by atoms with Gasteiger partial charge in [0.25, 0.3) is 0 Å². The summed E-state index contributed by atoms with van der Waals surface area (Å²) in [4.78, 5) is 3.95. The van der Waals surface area contributed by atoms with Crippen LogP contribution in [0.4, 0.5) is 0 Å². The van der Waals surface area contributed by atoms with E-state index < -0.39 is 0 Å². The van der Waals surface area contributed by atoms with Crippen LogP contribution in [0, 0.1) is 6.92 Å². The van der Waals surface area contributed by atoms with Crippen LogP contribution in [0.5, 0.6) is 5.75 Å². The highest BCUT2D eigenvalue weighted by atomic mass is 35.5. The molecule has 0 N–H and O–H groups in total. The van der Waals surface area contributed by atoms with Gasteiger partial charge in [-0.25, -0.2) is 4.98 Å². The number of rotatable bonds is 2. The lowest BCUT2D eigenvalue weighted by molar-refractivity contribution is 0.301. The first-order valence-electron chi connectivity index (χ1n) is 5.04. The van der Waals surface area contributed by atoms with E-state index in [1.165, 1.54) is 12.8 Å². The van der Waals surface area contributed by atoms with Crippen molar-refractivity contribution in [2.75, 3.05) is 0 Å². The van der Waals surface area contributed by atoms with E-state index in [1.807, 2.05) is 20.8 Å². The smallest absolute Gasteiger partial charge is 0.132 e. The quantitative estimate of drug-likeness (QED) is 0.701. The highest BCUT2D eigenvalue weighted by Crippen LogP contribution is 2.29. The molecule has 14 heavy (non-hydrogen) atoms. The maximum absolute atomic E-state index is 5.73. The summed E-state index contributed by atoms with van der Waals surface area (Å²) in [6.07, 6.45) is 4.49. The Morgan fingerprint density at radius 2 is 2.07 bits per heavy atom. The first-order chi connectivity index (χ1) is 6.75. The summed E-state index contributed by atoms with van der Waals surface area (Å²) in [6.45, 7) is 5.97. The van der Waals surface area contributed by atoms with E-state index in [0.717, 1.165) is 11.3 Å². The summed E-state index contributed by atoms with van der Waals surface area (Å²) in [5.41, 5.74) is 1.05. The van der Waals surface area contributed by atoms with E-state index in [0.29, 0.717) is 11.3 Å². The minimum Gasteiger partial charge on any atom is -0.490 e. The van der Waals surface area contributed by atoms with E-state index in [2.05, 4.69) is 4.98 Å². The van der Waals surface area contributed by atoms with Crippen LogP contribution >= 0.6 is 11.6 Å². The van der Waals surface area contributed by atoms with Gasteiger partial charge in [-0.05, 0) is 19.8 Å². The van der Waals surface area contributed by atoms with Gasteiger partial charge >= 0.3 is 0 Å². The van der Waals surface area contributed by atoms with Gasteiger partial charge in [-0.2, -0.15) is 0 Å². The molecule has 1 heterocycles. The molecule has 78 valence electrons. The number of nitrogens with zero attached hydrogens (tertiary/aromatic N) is 1. The number of ether oxygens (including phenoxy) is 1. The lowest BCUT2D eigenvalue weighted by Crippen LogP contribution is -1.98. The van der Waals surface area contributed by atoms with Gasteiger partial charge in [-0.1, -0.05) is 25.4 Å². The number of aryl methyl sites for hydroxylation is 1. The second-order valence-corrected chi connectivity index (χ2v) is 3.48. The largest absolute Gasteiger partial charge is 0.490 e. The second kappa shape index (κ2) is 5.20. The fourth-order valence-electron chi connectivity index (χ4n) is 0.974. The van der Waals surface area contributed by atoms with Crippen molar-refractivity contribution in [3.05, 3.63) is 23.0 Å². The fourth-order valence-corrected chi connectivity index (χ4v) is 1.12. The Labute approximate surface area is 90.3 Å². The molecule has 0 atom stereocenters. The van der Waals surface area contributed by atoms with Gasteiger partial charge in [0.1, 0.15) is 10.9 Å². The maximum Gasteiger partial charge on any atom is 0.132 e. The monoisotopic (exact) mass is 213 g/mol. The lowest BCUT2D eigenvalue weighted by atomic mass is 10.3. The molecule has 1 aliphatic carbocycles. The fraction of sp³-hybridized carbons (Fsp3) is 0.545. The molecule has 0 amide bonds. The van der Waals surface area contributed by atoms with Crippen LogP contribution < -0.4 is 4.74 Å². The summed E-state index contributed by atoms with van der Waals surface area (Å²) >= 11 is 5.73. The highest BCUT2D eigenvalue weighted by molar-refractivity contribution is 6.29. The van der Waals surface area contributed by atoms with Crippen LogP contribution in [0.25, 0.3) is 0 Å². The van der Waals surface area contributed by atoms with Crippen LogP contribution in [0.1, 0.15) is 32.3 Å². The van der Waals surface area contributed by atoms with Crippen molar-refractivity contribution >= 4 is 11.6 Å². The average molecular weight is 214 g/mol. The summed E-state index contributed by atoms with van der Waals surface area (Å²) in [6, 6.07) is 1.77. The zero-order valence-corrected chi connectivity index (χ0v) is 9.64. The molecule has 0 aliphatic heterocycles. The summed E-state index contributed by atoms with van der Waals surface area (Å²) in [5, 5.41) is 0.497. The zero-order chi connectivity index (χ0) is 10.6. The van der Waals surface area contributed by atoms with Crippen molar-refractivity contribution in [2.24, 2.45) is 0 Å². The van der Waals surface area contributed by atoms with Gasteiger partial charge in [-0.15, -0.1) is 0 Å². The van der Waals surface area contributed by atoms with Crippen molar-refractivity contribution in [1.29, 1.82) is 0 Å². The van der Waals surface area contributed by atoms with Gasteiger partial charge in [0.2, 0.25) is 0 Å². The molecule has 1 aliphatic rings. The number of halogens is 1. The third-order valence-electron chi connectivity index (χ3n) is 1.84. The number of hydrogen-bond acceptors (Lipinski definition) is 2. The van der Waals surface area contributed by atoms with Crippen molar-refractivity contribution in [2.45, 2.75) is 39.7 Å². The SMILES string of the molecule is CC.Cc1cnc(Cl)cc1OC1CC1. The van der Waals surface area contributed by atoms with Crippen molar-refractivity contribution in [1.82, 2.24) is 4.98 Å². The van der Waals surface area contributed by atoms with E-state index in [4.69, 9.17) is 16.3 Å². The maximum atomic E-state index is 5.73. The first-order valence-corrected chi connectivity index (χ1v) is 5.42. The number of aromatic nitrogens is 1. The Morgan fingerprint density at radius 3 is 2.64 bits per heavy atom. The lowest BCUT2D eigenvalue weighted by Gasteiger charge is -2.06. The molecule has 0 bridgehead atoms. The highest BCUT2D eigenvalue weighted by Gasteiger charge is 2.24. The summed E-state index contributed by atoms with van der Waals surface area (Å²) in [5.74, 6) is 0.873. The molecule has 1 fully saturated rings. The number of hydrogen-bond donors (Lipinski definition) is 0. The van der Waals surface area contributed by atoms with Crippen molar-refractivity contribution in [3.8, 4) is 5.75 Å². The van der Waals surface area contributed by atoms with Crippen LogP contribution in [-0.2, 0) is 0 Å². The van der Waals surface area contributed by atoms with Crippen molar-refractivity contribution in [3.63, 3.8) is 0 Å². The molecular formula is C11H16ClNO. The second-order valence-electron chi connectivity index (χ2n) is 3.09. The van der Waals surface area contributed by atoms with Crippen LogP contribution in [0.2, 0.25) is 5.15 Å². The standard InChI is InChI=1S/C9H10ClNO.C2H6/c1-6-5-11-9(10)4-8(6)12-7-2-3-7;1-2/h4-5,7H,2-3H2,1H3;1-2H3. The van der Waals surface area contributed by atoms with Gasteiger partial charge in [0.15, 0.2) is 0 Å². The van der Waals surface area contributed by atoms with E-state index in [9.17, 15) is 0 Å². The predicted molar refractivity (Wildman–Crippen MR) is 59.0 cm³/mol.